The zero-order valence-corrected chi connectivity index (χ0v) is 21.0. The summed E-state index contributed by atoms with van der Waals surface area (Å²) in [4.78, 5) is 11.7. The Morgan fingerprint density at radius 3 is 2.29 bits per heavy atom. The van der Waals surface area contributed by atoms with Crippen LogP contribution in [0.5, 0.6) is 23.0 Å². The average Bonchev–Trinajstić information content (AvgIpc) is 2.88. The molecule has 1 N–H and O–H groups in total. The van der Waals surface area contributed by atoms with E-state index < -0.39 is 17.7 Å². The highest BCUT2D eigenvalue weighted by molar-refractivity contribution is 5.72. The van der Waals surface area contributed by atoms with Gasteiger partial charge in [-0.25, -0.2) is 4.79 Å². The summed E-state index contributed by atoms with van der Waals surface area (Å²) in [5, 5.41) is 9.59. The molecule has 3 atom stereocenters. The summed E-state index contributed by atoms with van der Waals surface area (Å²) in [5.41, 5.74) is 1.65. The standard InChI is InChI=1S/C29H36O6/c1-19(27(30)31)34-24-17-20(32-2)11-13-23(24)29-16-8-5-9-26(29)28(14-6-4-7-15-28)22-12-10-21(33-3)18-25(22)35-29/h10-13,17-19,26H,4-9,14-16H2,1-3H3,(H,30,31)/t19-,26-,29-/m0/s1. The number of hydrogen-bond acceptors (Lipinski definition) is 5. The van der Waals surface area contributed by atoms with Crippen molar-refractivity contribution in [2.24, 2.45) is 5.92 Å². The van der Waals surface area contributed by atoms with Crippen LogP contribution in [0.4, 0.5) is 0 Å². The van der Waals surface area contributed by atoms with E-state index >= 15 is 0 Å². The van der Waals surface area contributed by atoms with Crippen LogP contribution in [-0.4, -0.2) is 31.4 Å². The molecule has 0 unspecified atom stereocenters. The van der Waals surface area contributed by atoms with Crippen LogP contribution in [0.1, 0.15) is 75.8 Å². The fourth-order valence-electron chi connectivity index (χ4n) is 6.99. The van der Waals surface area contributed by atoms with E-state index in [2.05, 4.69) is 12.1 Å². The van der Waals surface area contributed by atoms with Crippen molar-refractivity contribution < 1.29 is 28.8 Å². The first kappa shape index (κ1) is 23.8. The normalized spacial score (nSPS) is 25.5. The molecule has 2 aromatic rings. The lowest BCUT2D eigenvalue weighted by molar-refractivity contribution is -0.144. The molecule has 1 spiro atoms. The maximum absolute atomic E-state index is 11.7. The summed E-state index contributed by atoms with van der Waals surface area (Å²) in [6.45, 7) is 1.56. The molecule has 2 aliphatic carbocycles. The third-order valence-electron chi connectivity index (χ3n) is 8.58. The minimum atomic E-state index is -1.00. The van der Waals surface area contributed by atoms with E-state index in [0.29, 0.717) is 11.5 Å². The van der Waals surface area contributed by atoms with E-state index in [1.54, 1.807) is 21.1 Å². The van der Waals surface area contributed by atoms with Gasteiger partial charge in [0.05, 0.1) is 14.2 Å². The van der Waals surface area contributed by atoms with Crippen LogP contribution in [0.25, 0.3) is 0 Å². The van der Waals surface area contributed by atoms with Gasteiger partial charge in [-0.3, -0.25) is 0 Å². The summed E-state index contributed by atoms with van der Waals surface area (Å²) in [6, 6.07) is 12.1. The molecular weight excluding hydrogens is 444 g/mol. The quantitative estimate of drug-likeness (QED) is 0.528. The molecule has 1 heterocycles. The Labute approximate surface area is 207 Å². The van der Waals surface area contributed by atoms with E-state index in [0.717, 1.165) is 49.2 Å². The van der Waals surface area contributed by atoms with Crippen molar-refractivity contribution in [1.29, 1.82) is 0 Å². The first-order valence-corrected chi connectivity index (χ1v) is 12.9. The molecule has 0 saturated heterocycles. The Hall–Kier alpha value is -2.89. The highest BCUT2D eigenvalue weighted by Gasteiger charge is 2.60. The Morgan fingerprint density at radius 1 is 0.943 bits per heavy atom. The average molecular weight is 481 g/mol. The maximum Gasteiger partial charge on any atom is 0.344 e. The molecule has 0 aromatic heterocycles. The molecular formula is C29H36O6. The summed E-state index contributed by atoms with van der Waals surface area (Å²) < 4.78 is 24.2. The zero-order valence-electron chi connectivity index (χ0n) is 21.0. The van der Waals surface area contributed by atoms with E-state index in [1.165, 1.54) is 31.2 Å². The SMILES string of the molecule is COc1ccc2c(c1)O[C@]1(c3ccc(OC)cc3O[C@@H](C)C(=O)O)CCCC[C@H]1C21CCCCC1. The summed E-state index contributed by atoms with van der Waals surface area (Å²) in [7, 11) is 3.29. The van der Waals surface area contributed by atoms with Crippen molar-refractivity contribution in [2.45, 2.75) is 81.8 Å². The van der Waals surface area contributed by atoms with E-state index in [1.807, 2.05) is 24.3 Å². The van der Waals surface area contributed by atoms with Gasteiger partial charge < -0.3 is 24.1 Å². The second-order valence-electron chi connectivity index (χ2n) is 10.3. The Bertz CT molecular complexity index is 1090. The van der Waals surface area contributed by atoms with E-state index in [-0.39, 0.29) is 11.3 Å². The molecule has 6 nitrogen and oxygen atoms in total. The number of ether oxygens (including phenoxy) is 4. The van der Waals surface area contributed by atoms with Gasteiger partial charge >= 0.3 is 5.97 Å². The molecule has 2 fully saturated rings. The highest BCUT2D eigenvalue weighted by Crippen LogP contribution is 2.64. The lowest BCUT2D eigenvalue weighted by Crippen LogP contribution is -2.57. The van der Waals surface area contributed by atoms with Crippen LogP contribution in [0.2, 0.25) is 0 Å². The first-order chi connectivity index (χ1) is 16.9. The van der Waals surface area contributed by atoms with Crippen LogP contribution in [-0.2, 0) is 15.8 Å². The van der Waals surface area contributed by atoms with E-state index in [4.69, 9.17) is 18.9 Å². The van der Waals surface area contributed by atoms with Gasteiger partial charge in [0, 0.05) is 34.6 Å². The van der Waals surface area contributed by atoms with Gasteiger partial charge in [0.25, 0.3) is 0 Å². The molecule has 35 heavy (non-hydrogen) atoms. The van der Waals surface area contributed by atoms with Gasteiger partial charge in [-0.05, 0) is 57.2 Å². The number of carboxylic acid groups (broad SMARTS) is 1. The fourth-order valence-corrected chi connectivity index (χ4v) is 6.99. The number of carbonyl (C=O) groups is 1. The van der Waals surface area contributed by atoms with Crippen molar-refractivity contribution in [3.63, 3.8) is 0 Å². The number of rotatable bonds is 6. The monoisotopic (exact) mass is 480 g/mol. The molecule has 1 aliphatic heterocycles. The molecule has 6 heteroatoms. The van der Waals surface area contributed by atoms with Gasteiger partial charge in [-0.1, -0.05) is 31.7 Å². The van der Waals surface area contributed by atoms with E-state index in [9.17, 15) is 9.90 Å². The van der Waals surface area contributed by atoms with Gasteiger partial charge in [0.2, 0.25) is 0 Å². The fraction of sp³-hybridized carbons (Fsp3) is 0.552. The Morgan fingerprint density at radius 2 is 1.60 bits per heavy atom. The molecule has 5 rings (SSSR count). The van der Waals surface area contributed by atoms with Crippen molar-refractivity contribution >= 4 is 5.97 Å². The Kier molecular flexibility index (Phi) is 6.32. The number of benzene rings is 2. The van der Waals surface area contributed by atoms with Gasteiger partial charge in [-0.15, -0.1) is 0 Å². The van der Waals surface area contributed by atoms with Crippen molar-refractivity contribution in [3.05, 3.63) is 47.5 Å². The molecule has 0 bridgehead atoms. The minimum Gasteiger partial charge on any atom is -0.497 e. The molecule has 2 saturated carbocycles. The van der Waals surface area contributed by atoms with Crippen molar-refractivity contribution in [2.75, 3.05) is 14.2 Å². The third-order valence-corrected chi connectivity index (χ3v) is 8.58. The van der Waals surface area contributed by atoms with Gasteiger partial charge in [-0.2, -0.15) is 0 Å². The van der Waals surface area contributed by atoms with Crippen LogP contribution < -0.4 is 18.9 Å². The number of carboxylic acids is 1. The number of methoxy groups -OCH3 is 2. The molecule has 2 aromatic carbocycles. The summed E-state index contributed by atoms with van der Waals surface area (Å²) >= 11 is 0. The smallest absolute Gasteiger partial charge is 0.344 e. The van der Waals surface area contributed by atoms with Crippen molar-refractivity contribution in [3.8, 4) is 23.0 Å². The highest BCUT2D eigenvalue weighted by atomic mass is 16.5. The predicted molar refractivity (Wildman–Crippen MR) is 133 cm³/mol. The second kappa shape index (κ2) is 9.29. The lowest BCUT2D eigenvalue weighted by Gasteiger charge is -2.59. The summed E-state index contributed by atoms with van der Waals surface area (Å²) in [5.74, 6) is 2.11. The van der Waals surface area contributed by atoms with Crippen LogP contribution >= 0.6 is 0 Å². The molecule has 0 radical (unpaired) electrons. The first-order valence-electron chi connectivity index (χ1n) is 12.9. The zero-order chi connectivity index (χ0) is 24.6. The van der Waals surface area contributed by atoms with Gasteiger partial charge in [0.1, 0.15) is 28.6 Å². The van der Waals surface area contributed by atoms with Crippen LogP contribution in [0, 0.1) is 5.92 Å². The number of fused-ring (bicyclic) bond motifs is 4. The maximum atomic E-state index is 11.7. The largest absolute Gasteiger partial charge is 0.497 e. The number of aliphatic carboxylic acids is 1. The number of hydrogen-bond donors (Lipinski definition) is 1. The second-order valence-corrected chi connectivity index (χ2v) is 10.3. The summed E-state index contributed by atoms with van der Waals surface area (Å²) in [6.07, 6.45) is 9.12. The molecule has 3 aliphatic rings. The van der Waals surface area contributed by atoms with Crippen molar-refractivity contribution in [1.82, 2.24) is 0 Å². The molecule has 188 valence electrons. The lowest BCUT2D eigenvalue weighted by atomic mass is 9.51. The minimum absolute atomic E-state index is 0.0220. The van der Waals surface area contributed by atoms with Crippen LogP contribution in [0.3, 0.4) is 0 Å². The molecule has 0 amide bonds. The van der Waals surface area contributed by atoms with Crippen LogP contribution in [0.15, 0.2) is 36.4 Å². The predicted octanol–water partition coefficient (Wildman–Crippen LogP) is 6.24. The van der Waals surface area contributed by atoms with Gasteiger partial charge in [0.15, 0.2) is 6.10 Å². The Balaban J connectivity index is 1.72. The topological polar surface area (TPSA) is 74.2 Å². The third kappa shape index (κ3) is 3.91.